The normalized spacial score (nSPS) is 46.7. The van der Waals surface area contributed by atoms with Crippen LogP contribution in [0.3, 0.4) is 0 Å². The zero-order valence-electron chi connectivity index (χ0n) is 16.4. The zero-order valence-corrected chi connectivity index (χ0v) is 17.2. The van der Waals surface area contributed by atoms with E-state index < -0.39 is 0 Å². The van der Waals surface area contributed by atoms with E-state index in [2.05, 4.69) is 46.0 Å². The van der Waals surface area contributed by atoms with Crippen molar-refractivity contribution in [1.29, 1.82) is 0 Å². The van der Waals surface area contributed by atoms with Crippen LogP contribution in [0.25, 0.3) is 0 Å². The Hall–Kier alpha value is -0.540. The molecule has 1 aliphatic heterocycles. The molecule has 2 fully saturated rings. The molecule has 1 heterocycles. The van der Waals surface area contributed by atoms with Crippen molar-refractivity contribution in [2.75, 3.05) is 0 Å². The number of nitrogens with one attached hydrogen (secondary N) is 1. The van der Waals surface area contributed by atoms with E-state index in [0.29, 0.717) is 17.8 Å². The number of carbonyl (C=O) groups is 1. The van der Waals surface area contributed by atoms with E-state index in [-0.39, 0.29) is 22.1 Å². The number of ether oxygens (including phenoxy) is 1. The van der Waals surface area contributed by atoms with Gasteiger partial charge in [0, 0.05) is 5.54 Å². The third kappa shape index (κ3) is 3.39. The first-order valence-corrected chi connectivity index (χ1v) is 10.3. The lowest BCUT2D eigenvalue weighted by atomic mass is 9.55. The molecule has 4 heteroatoms. The molecule has 3 nitrogen and oxygen atoms in total. The molecule has 1 amide bonds. The maximum atomic E-state index is 11.2. The highest BCUT2D eigenvalue weighted by molar-refractivity contribution is 6.21. The van der Waals surface area contributed by atoms with Gasteiger partial charge in [0.2, 0.25) is 6.41 Å². The minimum absolute atomic E-state index is 0.0746. The van der Waals surface area contributed by atoms with E-state index in [4.69, 9.17) is 16.3 Å². The molecule has 142 valence electrons. The van der Waals surface area contributed by atoms with Crippen LogP contribution < -0.4 is 5.32 Å². The van der Waals surface area contributed by atoms with Crippen molar-refractivity contribution in [3.8, 4) is 0 Å². The van der Waals surface area contributed by atoms with Crippen LogP contribution in [0.15, 0.2) is 11.6 Å². The predicted molar refractivity (Wildman–Crippen MR) is 103 cm³/mol. The molecule has 0 bridgehead atoms. The average molecular weight is 368 g/mol. The molecule has 0 radical (unpaired) electrons. The average Bonchev–Trinajstić information content (AvgIpc) is 2.51. The Morgan fingerprint density at radius 3 is 2.52 bits per heavy atom. The summed E-state index contributed by atoms with van der Waals surface area (Å²) in [6.45, 7) is 11.0. The first kappa shape index (κ1) is 19.2. The predicted octanol–water partition coefficient (Wildman–Crippen LogP) is 4.83. The van der Waals surface area contributed by atoms with Crippen LogP contribution in [-0.2, 0) is 9.53 Å². The molecule has 1 saturated carbocycles. The van der Waals surface area contributed by atoms with Crippen LogP contribution in [-0.4, -0.2) is 28.5 Å². The highest BCUT2D eigenvalue weighted by Crippen LogP contribution is 2.54. The number of hydrogen-bond acceptors (Lipinski definition) is 2. The summed E-state index contributed by atoms with van der Waals surface area (Å²) in [7, 11) is 0. The van der Waals surface area contributed by atoms with E-state index >= 15 is 0 Å². The standard InChI is InChI=1S/C21H34ClNO2/c1-14-6-7-16-15(12-14)17(8-10-20(16,4)23-13-24)21(5)11-9-18(22)19(2,3)25-21/h12-13,15-18H,6-11H2,1-5H3,(H,23,24)/t15-,16?,17-,18?,20-,21?/m1/s1. The second kappa shape index (κ2) is 6.56. The summed E-state index contributed by atoms with van der Waals surface area (Å²) in [5, 5.41) is 3.24. The van der Waals surface area contributed by atoms with Crippen molar-refractivity contribution in [3.63, 3.8) is 0 Å². The molecule has 0 aromatic rings. The molecule has 1 N–H and O–H groups in total. The number of carbonyl (C=O) groups excluding carboxylic acids is 1. The lowest BCUT2D eigenvalue weighted by Crippen LogP contribution is -2.61. The summed E-state index contributed by atoms with van der Waals surface area (Å²) in [5.74, 6) is 1.43. The zero-order chi connectivity index (χ0) is 18.5. The van der Waals surface area contributed by atoms with Gasteiger partial charge >= 0.3 is 0 Å². The van der Waals surface area contributed by atoms with Gasteiger partial charge in [0.1, 0.15) is 0 Å². The van der Waals surface area contributed by atoms with E-state index in [0.717, 1.165) is 44.9 Å². The van der Waals surface area contributed by atoms with E-state index in [9.17, 15) is 4.79 Å². The SMILES string of the molecule is CC1=C[C@@H]2C(CC1)[C@](C)(NC=O)CC[C@H]2C1(C)CCC(Cl)C(C)(C)O1. The Balaban J connectivity index is 1.92. The van der Waals surface area contributed by atoms with Crippen LogP contribution >= 0.6 is 11.6 Å². The maximum absolute atomic E-state index is 11.2. The van der Waals surface area contributed by atoms with Gasteiger partial charge in [-0.3, -0.25) is 4.79 Å². The summed E-state index contributed by atoms with van der Waals surface area (Å²) in [6, 6.07) is 0. The van der Waals surface area contributed by atoms with Crippen molar-refractivity contribution in [2.45, 2.75) is 95.3 Å². The summed E-state index contributed by atoms with van der Waals surface area (Å²) in [6.07, 6.45) is 9.79. The summed E-state index contributed by atoms with van der Waals surface area (Å²) >= 11 is 6.54. The largest absolute Gasteiger partial charge is 0.368 e. The summed E-state index contributed by atoms with van der Waals surface area (Å²) in [4.78, 5) is 11.2. The van der Waals surface area contributed by atoms with Crippen molar-refractivity contribution in [1.82, 2.24) is 5.32 Å². The summed E-state index contributed by atoms with van der Waals surface area (Å²) < 4.78 is 6.67. The van der Waals surface area contributed by atoms with Crippen LogP contribution in [0.2, 0.25) is 0 Å². The van der Waals surface area contributed by atoms with Crippen molar-refractivity contribution >= 4 is 18.0 Å². The number of rotatable bonds is 3. The fourth-order valence-corrected chi connectivity index (χ4v) is 5.99. The van der Waals surface area contributed by atoms with Gasteiger partial charge in [0.05, 0.1) is 16.6 Å². The molecule has 3 rings (SSSR count). The molecule has 0 aromatic heterocycles. The Morgan fingerprint density at radius 1 is 1.16 bits per heavy atom. The number of halogens is 1. The van der Waals surface area contributed by atoms with Gasteiger partial charge in [-0.2, -0.15) is 0 Å². The van der Waals surface area contributed by atoms with E-state index in [1.807, 2.05) is 0 Å². The third-order valence-corrected chi connectivity index (χ3v) is 8.11. The minimum atomic E-state index is -0.292. The van der Waals surface area contributed by atoms with Crippen molar-refractivity contribution < 1.29 is 9.53 Å². The number of fused-ring (bicyclic) bond motifs is 1. The lowest BCUT2D eigenvalue weighted by Gasteiger charge is -2.58. The van der Waals surface area contributed by atoms with Gasteiger partial charge < -0.3 is 10.1 Å². The Morgan fingerprint density at radius 2 is 1.88 bits per heavy atom. The second-order valence-electron chi connectivity index (χ2n) is 9.58. The first-order valence-electron chi connectivity index (χ1n) is 9.84. The summed E-state index contributed by atoms with van der Waals surface area (Å²) in [5.41, 5.74) is 0.944. The molecule has 0 spiro atoms. The molecule has 2 aliphatic carbocycles. The fraction of sp³-hybridized carbons (Fsp3) is 0.857. The van der Waals surface area contributed by atoms with Crippen LogP contribution in [0.1, 0.15) is 73.1 Å². The van der Waals surface area contributed by atoms with Gasteiger partial charge in [-0.15, -0.1) is 11.6 Å². The number of amides is 1. The third-order valence-electron chi connectivity index (χ3n) is 7.37. The highest BCUT2D eigenvalue weighted by atomic mass is 35.5. The molecule has 6 atom stereocenters. The number of alkyl halides is 1. The van der Waals surface area contributed by atoms with E-state index in [1.165, 1.54) is 5.57 Å². The Labute approximate surface area is 157 Å². The van der Waals surface area contributed by atoms with Crippen LogP contribution in [0.5, 0.6) is 0 Å². The monoisotopic (exact) mass is 367 g/mol. The van der Waals surface area contributed by atoms with Gasteiger partial charge in [0.25, 0.3) is 0 Å². The van der Waals surface area contributed by atoms with E-state index in [1.54, 1.807) is 0 Å². The number of allylic oxidation sites excluding steroid dienone is 2. The van der Waals surface area contributed by atoms with Gasteiger partial charge in [0.15, 0.2) is 0 Å². The number of hydrogen-bond donors (Lipinski definition) is 1. The topological polar surface area (TPSA) is 38.3 Å². The maximum Gasteiger partial charge on any atom is 0.207 e. The molecular formula is C21H34ClNO2. The molecular weight excluding hydrogens is 334 g/mol. The smallest absolute Gasteiger partial charge is 0.207 e. The first-order chi connectivity index (χ1) is 11.6. The quantitative estimate of drug-likeness (QED) is 0.440. The second-order valence-corrected chi connectivity index (χ2v) is 10.1. The molecule has 0 aromatic carbocycles. The molecule has 25 heavy (non-hydrogen) atoms. The fourth-order valence-electron chi connectivity index (χ4n) is 5.84. The highest BCUT2D eigenvalue weighted by Gasteiger charge is 2.55. The van der Waals surface area contributed by atoms with Crippen LogP contribution in [0, 0.1) is 17.8 Å². The minimum Gasteiger partial charge on any atom is -0.368 e. The van der Waals surface area contributed by atoms with Gasteiger partial charge in [-0.25, -0.2) is 0 Å². The Bertz CT molecular complexity index is 560. The Kier molecular flexibility index (Phi) is 5.05. The van der Waals surface area contributed by atoms with Gasteiger partial charge in [-0.1, -0.05) is 11.6 Å². The van der Waals surface area contributed by atoms with Crippen LogP contribution in [0.4, 0.5) is 0 Å². The lowest BCUT2D eigenvalue weighted by molar-refractivity contribution is -0.205. The van der Waals surface area contributed by atoms with Crippen molar-refractivity contribution in [3.05, 3.63) is 11.6 Å². The van der Waals surface area contributed by atoms with Gasteiger partial charge in [-0.05, 0) is 90.9 Å². The molecule has 3 unspecified atom stereocenters. The molecule has 3 aliphatic rings. The molecule has 1 saturated heterocycles. The van der Waals surface area contributed by atoms with Crippen molar-refractivity contribution in [2.24, 2.45) is 17.8 Å².